The van der Waals surface area contributed by atoms with E-state index in [2.05, 4.69) is 9.88 Å². The second-order valence-corrected chi connectivity index (χ2v) is 12.1. The summed E-state index contributed by atoms with van der Waals surface area (Å²) in [6.07, 6.45) is 2.34. The van der Waals surface area contributed by atoms with Crippen LogP contribution in [0.3, 0.4) is 0 Å². The van der Waals surface area contributed by atoms with Crippen LogP contribution in [0.2, 0.25) is 0 Å². The molecule has 42 heavy (non-hydrogen) atoms. The van der Waals surface area contributed by atoms with E-state index in [0.29, 0.717) is 25.6 Å². The topological polar surface area (TPSA) is 108 Å². The van der Waals surface area contributed by atoms with Gasteiger partial charge in [-0.05, 0) is 57.2 Å². The highest BCUT2D eigenvalue weighted by atomic mass is 16.6. The molecule has 2 atom stereocenters. The van der Waals surface area contributed by atoms with E-state index in [-0.39, 0.29) is 13.0 Å². The quantitative estimate of drug-likeness (QED) is 0.281. The number of nitrogens with zero attached hydrogens (tertiary/aromatic N) is 3. The van der Waals surface area contributed by atoms with Crippen LogP contribution in [0.5, 0.6) is 0 Å². The molecule has 0 bridgehead atoms. The molecule has 1 aliphatic carbocycles. The Labute approximate surface area is 248 Å². The summed E-state index contributed by atoms with van der Waals surface area (Å²) >= 11 is 0. The third kappa shape index (κ3) is 9.44. The number of aryl methyl sites for hydroxylation is 1. The molecule has 1 aromatic heterocycles. The maximum Gasteiger partial charge on any atom is 0.410 e. The molecule has 1 saturated carbocycles. The predicted octanol–water partition coefficient (Wildman–Crippen LogP) is 4.46. The Kier molecular flexibility index (Phi) is 10.4. The van der Waals surface area contributed by atoms with Gasteiger partial charge in [0, 0.05) is 32.8 Å². The number of hydrogen-bond donors (Lipinski definition) is 0. The van der Waals surface area contributed by atoms with Crippen LogP contribution in [-0.2, 0) is 41.6 Å². The number of morpholine rings is 1. The number of likely N-dealkylation sites (N-methyl/N-ethyl adjacent to an activating group) is 1. The number of aromatic nitrogens is 1. The van der Waals surface area contributed by atoms with Crippen molar-refractivity contribution in [2.24, 2.45) is 5.92 Å². The Balaban J connectivity index is 1.49. The van der Waals surface area contributed by atoms with Crippen molar-refractivity contribution in [3.63, 3.8) is 0 Å². The van der Waals surface area contributed by atoms with Crippen molar-refractivity contribution in [2.45, 2.75) is 77.7 Å². The monoisotopic (exact) mass is 581 g/mol. The van der Waals surface area contributed by atoms with Gasteiger partial charge in [0.25, 0.3) is 0 Å². The summed E-state index contributed by atoms with van der Waals surface area (Å²) in [4.78, 5) is 47.8. The number of benzene rings is 1. The molecule has 1 saturated heterocycles. The number of hydrogen-bond acceptors (Lipinski definition) is 9. The van der Waals surface area contributed by atoms with Gasteiger partial charge in [-0.2, -0.15) is 0 Å². The van der Waals surface area contributed by atoms with Crippen LogP contribution in [0.1, 0.15) is 56.7 Å². The number of carbonyl (C=O) groups excluding carboxylic acids is 3. The fraction of sp³-hybridized carbons (Fsp3) is 0.562. The number of ether oxygens (including phenoxy) is 4. The average Bonchev–Trinajstić information content (AvgIpc) is 3.79. The van der Waals surface area contributed by atoms with Gasteiger partial charge in [0.2, 0.25) is 6.10 Å². The van der Waals surface area contributed by atoms with E-state index in [1.54, 1.807) is 27.0 Å². The maximum atomic E-state index is 13.6. The molecular weight excluding hydrogens is 538 g/mol. The Bertz CT molecular complexity index is 1200. The smallest absolute Gasteiger partial charge is 0.410 e. The van der Waals surface area contributed by atoms with E-state index >= 15 is 0 Å². The SMILES string of the molecule is Cc1ccc(COC(=O)[C@@H](Cc2ccc(N3CCOCC3)nc2)OC(=O)[C@H](CC2CC2)N(C)C(=O)OC(C)(C)C)cc1. The minimum atomic E-state index is -1.22. The van der Waals surface area contributed by atoms with E-state index in [1.165, 1.54) is 11.9 Å². The lowest BCUT2D eigenvalue weighted by molar-refractivity contribution is -0.171. The Morgan fingerprint density at radius 2 is 1.69 bits per heavy atom. The molecule has 2 aromatic rings. The summed E-state index contributed by atoms with van der Waals surface area (Å²) in [5.41, 5.74) is 1.92. The highest BCUT2D eigenvalue weighted by Gasteiger charge is 2.38. The van der Waals surface area contributed by atoms with Crippen molar-refractivity contribution in [2.75, 3.05) is 38.3 Å². The molecule has 2 aliphatic rings. The van der Waals surface area contributed by atoms with E-state index in [1.807, 2.05) is 43.3 Å². The number of rotatable bonds is 11. The van der Waals surface area contributed by atoms with E-state index in [4.69, 9.17) is 18.9 Å². The highest BCUT2D eigenvalue weighted by molar-refractivity contribution is 5.85. The molecule has 0 radical (unpaired) electrons. The van der Waals surface area contributed by atoms with Gasteiger partial charge in [-0.1, -0.05) is 48.7 Å². The third-order valence-electron chi connectivity index (χ3n) is 7.26. The first-order valence-corrected chi connectivity index (χ1v) is 14.6. The lowest BCUT2D eigenvalue weighted by Crippen LogP contribution is -2.47. The van der Waals surface area contributed by atoms with Gasteiger partial charge in [0.05, 0.1) is 13.2 Å². The zero-order valence-corrected chi connectivity index (χ0v) is 25.3. The minimum Gasteiger partial charge on any atom is -0.458 e. The van der Waals surface area contributed by atoms with Gasteiger partial charge in [0.1, 0.15) is 24.1 Å². The molecule has 0 N–H and O–H groups in total. The van der Waals surface area contributed by atoms with Crippen molar-refractivity contribution >= 4 is 23.8 Å². The average molecular weight is 582 g/mol. The number of pyridine rings is 1. The Morgan fingerprint density at radius 1 is 1.02 bits per heavy atom. The molecule has 1 aromatic carbocycles. The van der Waals surface area contributed by atoms with Crippen molar-refractivity contribution in [3.05, 3.63) is 59.3 Å². The molecular formula is C32H43N3O7. The summed E-state index contributed by atoms with van der Waals surface area (Å²) in [5.74, 6) is -0.186. The number of amides is 1. The molecule has 4 rings (SSSR count). The second kappa shape index (κ2) is 14.0. The van der Waals surface area contributed by atoms with Gasteiger partial charge in [-0.15, -0.1) is 0 Å². The van der Waals surface area contributed by atoms with Crippen molar-refractivity contribution in [1.29, 1.82) is 0 Å². The molecule has 10 nitrogen and oxygen atoms in total. The van der Waals surface area contributed by atoms with Crippen LogP contribution in [0.15, 0.2) is 42.6 Å². The van der Waals surface area contributed by atoms with Crippen molar-refractivity contribution in [3.8, 4) is 0 Å². The zero-order valence-electron chi connectivity index (χ0n) is 25.3. The van der Waals surface area contributed by atoms with E-state index in [0.717, 1.165) is 48.4 Å². The summed E-state index contributed by atoms with van der Waals surface area (Å²) in [5, 5.41) is 0. The molecule has 10 heteroatoms. The maximum absolute atomic E-state index is 13.6. The minimum absolute atomic E-state index is 0.0463. The van der Waals surface area contributed by atoms with E-state index < -0.39 is 35.8 Å². The van der Waals surface area contributed by atoms with Gasteiger partial charge in [-0.3, -0.25) is 4.90 Å². The molecule has 1 amide bonds. The first-order chi connectivity index (χ1) is 20.0. The van der Waals surface area contributed by atoms with Crippen LogP contribution in [0.4, 0.5) is 10.6 Å². The zero-order chi connectivity index (χ0) is 30.3. The van der Waals surface area contributed by atoms with Crippen LogP contribution < -0.4 is 4.90 Å². The summed E-state index contributed by atoms with van der Waals surface area (Å²) < 4.78 is 22.4. The predicted molar refractivity (Wildman–Crippen MR) is 157 cm³/mol. The molecule has 228 valence electrons. The van der Waals surface area contributed by atoms with Crippen molar-refractivity contribution < 1.29 is 33.3 Å². The van der Waals surface area contributed by atoms with Gasteiger partial charge < -0.3 is 23.8 Å². The first kappa shape index (κ1) is 31.3. The lowest BCUT2D eigenvalue weighted by atomic mass is 10.1. The number of anilines is 1. The van der Waals surface area contributed by atoms with Crippen LogP contribution >= 0.6 is 0 Å². The largest absolute Gasteiger partial charge is 0.458 e. The molecule has 2 heterocycles. The second-order valence-electron chi connectivity index (χ2n) is 12.1. The van der Waals surface area contributed by atoms with Gasteiger partial charge in [-0.25, -0.2) is 19.4 Å². The van der Waals surface area contributed by atoms with Crippen LogP contribution in [-0.4, -0.2) is 79.0 Å². The fourth-order valence-corrected chi connectivity index (χ4v) is 4.60. The number of esters is 2. The summed E-state index contributed by atoms with van der Waals surface area (Å²) in [6.45, 7) is 10.1. The Hall–Kier alpha value is -3.66. The highest BCUT2D eigenvalue weighted by Crippen LogP contribution is 2.35. The lowest BCUT2D eigenvalue weighted by Gasteiger charge is -2.30. The Morgan fingerprint density at radius 3 is 2.29 bits per heavy atom. The third-order valence-corrected chi connectivity index (χ3v) is 7.26. The van der Waals surface area contributed by atoms with Gasteiger partial charge >= 0.3 is 18.0 Å². The number of carbonyl (C=O) groups is 3. The van der Waals surface area contributed by atoms with Gasteiger partial charge in [0.15, 0.2) is 0 Å². The molecule has 2 fully saturated rings. The normalized spacial score (nSPS) is 16.7. The standard InChI is InChI=1S/C32H43N3O7/c1-22-6-8-24(9-7-22)21-40-30(37)27(19-25-12-13-28(33-20-25)35-14-16-39-17-15-35)41-29(36)26(18-23-10-11-23)34(5)31(38)42-32(2,3)4/h6-9,12-13,20,23,26-27H,10-11,14-19,21H2,1-5H3/t26-,27+/m0/s1. The van der Waals surface area contributed by atoms with E-state index in [9.17, 15) is 14.4 Å². The molecule has 0 unspecified atom stereocenters. The summed E-state index contributed by atoms with van der Waals surface area (Å²) in [7, 11) is 1.53. The van der Waals surface area contributed by atoms with Crippen LogP contribution in [0, 0.1) is 12.8 Å². The molecule has 0 spiro atoms. The van der Waals surface area contributed by atoms with Crippen LogP contribution in [0.25, 0.3) is 0 Å². The van der Waals surface area contributed by atoms with Crippen molar-refractivity contribution in [1.82, 2.24) is 9.88 Å². The molecule has 1 aliphatic heterocycles. The first-order valence-electron chi connectivity index (χ1n) is 14.6. The summed E-state index contributed by atoms with van der Waals surface area (Å²) in [6, 6.07) is 10.5. The fourth-order valence-electron chi connectivity index (χ4n) is 4.60.